The molecular formula is C15H21NO2S. The minimum atomic E-state index is -0.776. The van der Waals surface area contributed by atoms with Crippen molar-refractivity contribution in [2.75, 3.05) is 7.11 Å². The lowest BCUT2D eigenvalue weighted by atomic mass is 9.82. The Kier molecular flexibility index (Phi) is 4.88. The van der Waals surface area contributed by atoms with Gasteiger partial charge in [-0.25, -0.2) is 0 Å². The molecule has 1 aromatic carbocycles. The summed E-state index contributed by atoms with van der Waals surface area (Å²) < 4.78 is 4.83. The molecule has 3 nitrogen and oxygen atoms in total. The van der Waals surface area contributed by atoms with Gasteiger partial charge < -0.3 is 10.5 Å². The molecule has 0 radical (unpaired) electrons. The van der Waals surface area contributed by atoms with E-state index in [-0.39, 0.29) is 5.97 Å². The van der Waals surface area contributed by atoms with Crippen LogP contribution in [0.4, 0.5) is 0 Å². The molecule has 0 spiro atoms. The maximum atomic E-state index is 11.8. The van der Waals surface area contributed by atoms with Crippen LogP contribution in [-0.4, -0.2) is 23.9 Å². The first-order chi connectivity index (χ1) is 9.14. The highest BCUT2D eigenvalue weighted by Gasteiger charge is 2.40. The summed E-state index contributed by atoms with van der Waals surface area (Å²) in [6.07, 6.45) is 3.59. The Morgan fingerprint density at radius 2 is 2.21 bits per heavy atom. The number of carbonyl (C=O) groups is 1. The zero-order chi connectivity index (χ0) is 13.7. The first kappa shape index (κ1) is 14.4. The van der Waals surface area contributed by atoms with Crippen LogP contribution in [0.2, 0.25) is 0 Å². The second kappa shape index (κ2) is 6.44. The van der Waals surface area contributed by atoms with Gasteiger partial charge in [-0.1, -0.05) is 30.3 Å². The van der Waals surface area contributed by atoms with Crippen LogP contribution in [0.15, 0.2) is 30.3 Å². The fourth-order valence-corrected chi connectivity index (χ4v) is 3.94. The van der Waals surface area contributed by atoms with Crippen molar-refractivity contribution in [1.29, 1.82) is 0 Å². The Morgan fingerprint density at radius 3 is 2.89 bits per heavy atom. The van der Waals surface area contributed by atoms with Crippen LogP contribution in [0.3, 0.4) is 0 Å². The largest absolute Gasteiger partial charge is 0.468 e. The Morgan fingerprint density at radius 1 is 1.47 bits per heavy atom. The molecule has 1 fully saturated rings. The van der Waals surface area contributed by atoms with E-state index >= 15 is 0 Å². The van der Waals surface area contributed by atoms with Crippen molar-refractivity contribution in [3.05, 3.63) is 35.9 Å². The molecule has 0 bridgehead atoms. The molecule has 2 N–H and O–H groups in total. The van der Waals surface area contributed by atoms with Gasteiger partial charge in [0.05, 0.1) is 7.11 Å². The molecule has 1 saturated carbocycles. The number of nitrogens with two attached hydrogens (primary N) is 1. The Hall–Kier alpha value is -1.00. The minimum Gasteiger partial charge on any atom is -0.468 e. The van der Waals surface area contributed by atoms with Crippen LogP contribution in [0.25, 0.3) is 0 Å². The molecule has 1 aliphatic rings. The highest BCUT2D eigenvalue weighted by atomic mass is 32.2. The molecule has 0 amide bonds. The lowest BCUT2D eigenvalue weighted by Gasteiger charge is -2.35. The van der Waals surface area contributed by atoms with E-state index in [4.69, 9.17) is 10.5 Å². The number of hydrogen-bond acceptors (Lipinski definition) is 4. The van der Waals surface area contributed by atoms with Crippen LogP contribution in [-0.2, 0) is 15.3 Å². The second-order valence-corrected chi connectivity index (χ2v) is 6.45. The molecule has 2 atom stereocenters. The number of hydrogen-bond donors (Lipinski definition) is 1. The van der Waals surface area contributed by atoms with E-state index < -0.39 is 5.54 Å². The van der Waals surface area contributed by atoms with Crippen molar-refractivity contribution in [3.63, 3.8) is 0 Å². The standard InChI is InChI=1S/C15H21NO2S/c1-18-14(17)15(16)9-5-8-13(10-15)19-11-12-6-3-2-4-7-12/h2-4,6-7,13H,5,8-11,16H2,1H3. The Labute approximate surface area is 118 Å². The van der Waals surface area contributed by atoms with Crippen molar-refractivity contribution in [3.8, 4) is 0 Å². The second-order valence-electron chi connectivity index (χ2n) is 5.16. The summed E-state index contributed by atoms with van der Waals surface area (Å²) >= 11 is 1.89. The summed E-state index contributed by atoms with van der Waals surface area (Å²) in [6.45, 7) is 0. The number of ether oxygens (including phenoxy) is 1. The van der Waals surface area contributed by atoms with Gasteiger partial charge in [0.1, 0.15) is 5.54 Å². The van der Waals surface area contributed by atoms with Gasteiger partial charge in [0, 0.05) is 11.0 Å². The van der Waals surface area contributed by atoms with Crippen molar-refractivity contribution >= 4 is 17.7 Å². The lowest BCUT2D eigenvalue weighted by Crippen LogP contribution is -2.52. The Bertz CT molecular complexity index is 423. The normalized spacial score (nSPS) is 26.9. The smallest absolute Gasteiger partial charge is 0.325 e. The van der Waals surface area contributed by atoms with Gasteiger partial charge in [-0.2, -0.15) is 11.8 Å². The van der Waals surface area contributed by atoms with Crippen LogP contribution >= 0.6 is 11.8 Å². The van der Waals surface area contributed by atoms with Crippen molar-refractivity contribution in [2.24, 2.45) is 5.73 Å². The topological polar surface area (TPSA) is 52.3 Å². The third-order valence-electron chi connectivity index (χ3n) is 3.66. The maximum absolute atomic E-state index is 11.8. The maximum Gasteiger partial charge on any atom is 0.325 e. The monoisotopic (exact) mass is 279 g/mol. The predicted octanol–water partition coefficient (Wildman–Crippen LogP) is 2.73. The number of rotatable bonds is 4. The SMILES string of the molecule is COC(=O)C1(N)CCCC(SCc2ccccc2)C1. The first-order valence-corrected chi connectivity index (χ1v) is 7.72. The van der Waals surface area contributed by atoms with E-state index in [0.717, 1.165) is 31.4 Å². The van der Waals surface area contributed by atoms with Crippen LogP contribution < -0.4 is 5.73 Å². The molecule has 104 valence electrons. The average Bonchev–Trinajstić information content (AvgIpc) is 2.45. The summed E-state index contributed by atoms with van der Waals surface area (Å²) in [7, 11) is 1.41. The van der Waals surface area contributed by atoms with Gasteiger partial charge in [-0.05, 0) is 31.2 Å². The number of carbonyl (C=O) groups excluding carboxylic acids is 1. The zero-order valence-corrected chi connectivity index (χ0v) is 12.1. The van der Waals surface area contributed by atoms with E-state index in [1.54, 1.807) is 0 Å². The molecule has 0 saturated heterocycles. The van der Waals surface area contributed by atoms with Crippen LogP contribution in [0.1, 0.15) is 31.2 Å². The summed E-state index contributed by atoms with van der Waals surface area (Å²) in [5.74, 6) is 0.709. The first-order valence-electron chi connectivity index (χ1n) is 6.67. The summed E-state index contributed by atoms with van der Waals surface area (Å²) in [4.78, 5) is 11.8. The number of esters is 1. The molecule has 19 heavy (non-hydrogen) atoms. The number of benzene rings is 1. The molecule has 2 rings (SSSR count). The van der Waals surface area contributed by atoms with Gasteiger partial charge in [-0.3, -0.25) is 4.79 Å². The minimum absolute atomic E-state index is 0.266. The molecule has 0 aliphatic heterocycles. The van der Waals surface area contributed by atoms with E-state index in [0.29, 0.717) is 5.25 Å². The summed E-state index contributed by atoms with van der Waals surface area (Å²) in [5, 5.41) is 0.443. The van der Waals surface area contributed by atoms with E-state index in [1.807, 2.05) is 17.8 Å². The molecular weight excluding hydrogens is 258 g/mol. The number of methoxy groups -OCH3 is 1. The molecule has 0 aromatic heterocycles. The van der Waals surface area contributed by atoms with E-state index in [1.165, 1.54) is 12.7 Å². The van der Waals surface area contributed by atoms with Crippen molar-refractivity contribution < 1.29 is 9.53 Å². The molecule has 2 unspecified atom stereocenters. The summed E-state index contributed by atoms with van der Waals surface area (Å²) in [5.41, 5.74) is 6.73. The lowest BCUT2D eigenvalue weighted by molar-refractivity contribution is -0.148. The van der Waals surface area contributed by atoms with Gasteiger partial charge in [-0.15, -0.1) is 0 Å². The fraction of sp³-hybridized carbons (Fsp3) is 0.533. The summed E-state index contributed by atoms with van der Waals surface area (Å²) in [6, 6.07) is 10.4. The third kappa shape index (κ3) is 3.74. The number of thioether (sulfide) groups is 1. The van der Waals surface area contributed by atoms with E-state index in [9.17, 15) is 4.79 Å². The highest BCUT2D eigenvalue weighted by molar-refractivity contribution is 7.99. The van der Waals surface area contributed by atoms with E-state index in [2.05, 4.69) is 24.3 Å². The zero-order valence-electron chi connectivity index (χ0n) is 11.3. The Balaban J connectivity index is 1.89. The average molecular weight is 279 g/mol. The predicted molar refractivity (Wildman–Crippen MR) is 78.9 cm³/mol. The van der Waals surface area contributed by atoms with Gasteiger partial charge in [0.25, 0.3) is 0 Å². The van der Waals surface area contributed by atoms with Gasteiger partial charge in [0.15, 0.2) is 0 Å². The van der Waals surface area contributed by atoms with Crippen LogP contribution in [0, 0.1) is 0 Å². The quantitative estimate of drug-likeness (QED) is 0.861. The van der Waals surface area contributed by atoms with Crippen molar-refractivity contribution in [1.82, 2.24) is 0 Å². The molecule has 4 heteroatoms. The molecule has 1 aliphatic carbocycles. The molecule has 1 aromatic rings. The third-order valence-corrected chi connectivity index (χ3v) is 5.04. The van der Waals surface area contributed by atoms with Crippen molar-refractivity contribution in [2.45, 2.75) is 42.2 Å². The van der Waals surface area contributed by atoms with Gasteiger partial charge >= 0.3 is 5.97 Å². The van der Waals surface area contributed by atoms with Crippen LogP contribution in [0.5, 0.6) is 0 Å². The fourth-order valence-electron chi connectivity index (χ4n) is 2.57. The van der Waals surface area contributed by atoms with Gasteiger partial charge in [0.2, 0.25) is 0 Å². The molecule has 0 heterocycles. The highest BCUT2D eigenvalue weighted by Crippen LogP contribution is 2.35.